The number of carbonyl (C=O) groups is 2. The number of hydrogen-bond acceptors (Lipinski definition) is 5. The normalized spacial score (nSPS) is 38.7. The van der Waals surface area contributed by atoms with E-state index in [1.165, 1.54) is 44.1 Å². The molecule has 0 aromatic rings. The predicted molar refractivity (Wildman–Crippen MR) is 124 cm³/mol. The highest BCUT2D eigenvalue weighted by atomic mass is 32.2. The lowest BCUT2D eigenvalue weighted by Crippen LogP contribution is -2.45. The fraction of sp³-hybridized carbons (Fsp3) is 0.680. The Morgan fingerprint density at radius 3 is 2.67 bits per heavy atom. The molecule has 2 fully saturated rings. The Morgan fingerprint density at radius 1 is 1.17 bits per heavy atom. The van der Waals surface area contributed by atoms with Crippen LogP contribution in [0.1, 0.15) is 59.3 Å². The van der Waals surface area contributed by atoms with Crippen molar-refractivity contribution in [1.82, 2.24) is 0 Å². The number of ether oxygens (including phenoxy) is 1. The van der Waals surface area contributed by atoms with Crippen molar-refractivity contribution in [2.24, 2.45) is 22.7 Å². The summed E-state index contributed by atoms with van der Waals surface area (Å²) in [6.45, 7) is 6.00. The average Bonchev–Trinajstić information content (AvgIpc) is 3.31. The standard InChI is InChI=1S/C25H32O3S2/c1-16(26)28-15-22(27)21-7-6-19-18-5-4-17-14-25(29-12-13-30-25)11-10-23(17,2)20(18)8-9-24(19,21)3/h7-8,14,18-19H,4-6,9-13,15H2,1-3H3/t18-,19-,23-,24-/m0/s1. The van der Waals surface area contributed by atoms with Crippen LogP contribution in [-0.2, 0) is 14.3 Å². The summed E-state index contributed by atoms with van der Waals surface area (Å²) in [5.41, 5.74) is 4.34. The smallest absolute Gasteiger partial charge is 0.303 e. The van der Waals surface area contributed by atoms with Crippen LogP contribution in [0.3, 0.4) is 0 Å². The summed E-state index contributed by atoms with van der Waals surface area (Å²) in [5.74, 6) is 3.24. The summed E-state index contributed by atoms with van der Waals surface area (Å²) in [4.78, 5) is 24.0. The highest BCUT2D eigenvalue weighted by molar-refractivity contribution is 8.21. The maximum atomic E-state index is 12.8. The van der Waals surface area contributed by atoms with Crippen LogP contribution in [0.2, 0.25) is 0 Å². The van der Waals surface area contributed by atoms with E-state index in [1.54, 1.807) is 11.1 Å². The van der Waals surface area contributed by atoms with Crippen LogP contribution < -0.4 is 0 Å². The van der Waals surface area contributed by atoms with Gasteiger partial charge in [0, 0.05) is 34.8 Å². The fourth-order valence-corrected chi connectivity index (χ4v) is 10.1. The summed E-state index contributed by atoms with van der Waals surface area (Å²) in [7, 11) is 0. The number of carbonyl (C=O) groups excluding carboxylic acids is 2. The molecule has 5 rings (SSSR count). The second-order valence-electron chi connectivity index (χ2n) is 10.1. The summed E-state index contributed by atoms with van der Waals surface area (Å²) in [6.07, 6.45) is 14.2. The van der Waals surface area contributed by atoms with Crippen LogP contribution in [0, 0.1) is 22.7 Å². The number of thioether (sulfide) groups is 2. The lowest BCUT2D eigenvalue weighted by atomic mass is 9.51. The molecule has 1 heterocycles. The minimum absolute atomic E-state index is 0.00968. The van der Waals surface area contributed by atoms with Crippen molar-refractivity contribution in [3.8, 4) is 0 Å². The molecule has 5 aliphatic rings. The number of esters is 1. The molecule has 5 heteroatoms. The van der Waals surface area contributed by atoms with Crippen molar-refractivity contribution in [3.63, 3.8) is 0 Å². The average molecular weight is 445 g/mol. The van der Waals surface area contributed by atoms with Gasteiger partial charge in [-0.3, -0.25) is 9.59 Å². The van der Waals surface area contributed by atoms with Gasteiger partial charge < -0.3 is 4.74 Å². The van der Waals surface area contributed by atoms with E-state index in [0.29, 0.717) is 15.9 Å². The van der Waals surface area contributed by atoms with Gasteiger partial charge in [-0.15, -0.1) is 23.5 Å². The van der Waals surface area contributed by atoms with Gasteiger partial charge in [-0.1, -0.05) is 43.2 Å². The van der Waals surface area contributed by atoms with E-state index in [4.69, 9.17) is 4.74 Å². The number of allylic oxidation sites excluding steroid dienone is 4. The number of hydrogen-bond donors (Lipinski definition) is 0. The lowest BCUT2D eigenvalue weighted by molar-refractivity contribution is -0.145. The summed E-state index contributed by atoms with van der Waals surface area (Å²) in [6, 6.07) is 0. The number of rotatable bonds is 3. The zero-order valence-electron chi connectivity index (χ0n) is 18.3. The van der Waals surface area contributed by atoms with Gasteiger partial charge in [0.1, 0.15) is 0 Å². The quantitative estimate of drug-likeness (QED) is 0.412. The number of ketones is 1. The molecule has 0 radical (unpaired) electrons. The van der Waals surface area contributed by atoms with E-state index in [9.17, 15) is 9.59 Å². The van der Waals surface area contributed by atoms with Crippen molar-refractivity contribution in [2.75, 3.05) is 18.1 Å². The minimum Gasteiger partial charge on any atom is -0.457 e. The van der Waals surface area contributed by atoms with Crippen molar-refractivity contribution in [2.45, 2.75) is 63.4 Å². The summed E-state index contributed by atoms with van der Waals surface area (Å²) >= 11 is 4.32. The second-order valence-corrected chi connectivity index (χ2v) is 13.2. The van der Waals surface area contributed by atoms with E-state index in [1.807, 2.05) is 0 Å². The van der Waals surface area contributed by atoms with Crippen LogP contribution >= 0.6 is 23.5 Å². The molecule has 0 aromatic carbocycles. The third-order valence-corrected chi connectivity index (χ3v) is 12.0. The Bertz CT molecular complexity index is 879. The molecule has 162 valence electrons. The molecule has 1 saturated heterocycles. The van der Waals surface area contributed by atoms with Crippen LogP contribution in [0.15, 0.2) is 34.9 Å². The molecule has 1 aliphatic heterocycles. The van der Waals surface area contributed by atoms with Crippen LogP contribution in [0.5, 0.6) is 0 Å². The van der Waals surface area contributed by atoms with Gasteiger partial charge in [0.25, 0.3) is 0 Å². The van der Waals surface area contributed by atoms with E-state index in [-0.39, 0.29) is 29.2 Å². The van der Waals surface area contributed by atoms with E-state index >= 15 is 0 Å². The van der Waals surface area contributed by atoms with Gasteiger partial charge in [-0.25, -0.2) is 0 Å². The minimum atomic E-state index is -0.386. The van der Waals surface area contributed by atoms with Crippen LogP contribution in [0.4, 0.5) is 0 Å². The largest absolute Gasteiger partial charge is 0.457 e. The van der Waals surface area contributed by atoms with Gasteiger partial charge in [-0.2, -0.15) is 0 Å². The molecule has 0 amide bonds. The first-order valence-electron chi connectivity index (χ1n) is 11.4. The van der Waals surface area contributed by atoms with E-state index < -0.39 is 0 Å². The Kier molecular flexibility index (Phi) is 5.09. The van der Waals surface area contributed by atoms with Gasteiger partial charge >= 0.3 is 5.97 Å². The fourth-order valence-electron chi connectivity index (χ4n) is 6.93. The highest BCUT2D eigenvalue weighted by Crippen LogP contribution is 2.66. The van der Waals surface area contributed by atoms with Gasteiger partial charge in [0.15, 0.2) is 12.4 Å². The van der Waals surface area contributed by atoms with Crippen molar-refractivity contribution in [1.29, 1.82) is 0 Å². The molecule has 0 bridgehead atoms. The topological polar surface area (TPSA) is 43.4 Å². The first kappa shape index (κ1) is 20.9. The Morgan fingerprint density at radius 2 is 1.93 bits per heavy atom. The van der Waals surface area contributed by atoms with Gasteiger partial charge in [0.2, 0.25) is 0 Å². The molecule has 1 saturated carbocycles. The van der Waals surface area contributed by atoms with Gasteiger partial charge in [-0.05, 0) is 50.4 Å². The first-order chi connectivity index (χ1) is 14.3. The SMILES string of the molecule is CC(=O)OCC(=O)C1=CC[C@H]2[C@@H]3CCC4=CC5(CC[C@]4(C)C3=CC[C@]12C)SCCS5. The maximum Gasteiger partial charge on any atom is 0.303 e. The molecular formula is C25H32O3S2. The lowest BCUT2D eigenvalue weighted by Gasteiger charge is -2.54. The molecule has 30 heavy (non-hydrogen) atoms. The highest BCUT2D eigenvalue weighted by Gasteiger charge is 2.55. The Balaban J connectivity index is 1.42. The zero-order chi connectivity index (χ0) is 21.1. The number of Topliss-reactive ketones (excluding diaryl/α,β-unsaturated/α-hetero) is 1. The van der Waals surface area contributed by atoms with Crippen LogP contribution in [0.25, 0.3) is 0 Å². The Hall–Kier alpha value is -0.940. The molecule has 3 nitrogen and oxygen atoms in total. The first-order valence-corrected chi connectivity index (χ1v) is 13.3. The molecule has 0 N–H and O–H groups in total. The third kappa shape index (κ3) is 3.09. The molecule has 0 unspecified atom stereocenters. The van der Waals surface area contributed by atoms with E-state index in [2.05, 4.69) is 55.6 Å². The summed E-state index contributed by atoms with van der Waals surface area (Å²) < 4.78 is 5.37. The molecule has 4 atom stereocenters. The van der Waals surface area contributed by atoms with Crippen molar-refractivity contribution in [3.05, 3.63) is 34.9 Å². The zero-order valence-corrected chi connectivity index (χ0v) is 19.9. The third-order valence-electron chi connectivity index (χ3n) is 8.56. The molecule has 1 spiro atoms. The number of fused-ring (bicyclic) bond motifs is 5. The maximum absolute atomic E-state index is 12.8. The van der Waals surface area contributed by atoms with Gasteiger partial charge in [0.05, 0.1) is 4.08 Å². The van der Waals surface area contributed by atoms with E-state index in [0.717, 1.165) is 18.4 Å². The van der Waals surface area contributed by atoms with Crippen molar-refractivity contribution < 1.29 is 14.3 Å². The second kappa shape index (κ2) is 7.30. The monoisotopic (exact) mass is 444 g/mol. The molecular weight excluding hydrogens is 412 g/mol. The molecule has 4 aliphatic carbocycles. The Labute approximate surface area is 188 Å². The molecule has 0 aromatic heterocycles. The van der Waals surface area contributed by atoms with Crippen molar-refractivity contribution >= 4 is 35.3 Å². The van der Waals surface area contributed by atoms with Crippen LogP contribution in [-0.4, -0.2) is 33.9 Å². The summed E-state index contributed by atoms with van der Waals surface area (Å²) in [5, 5.41) is 0. The predicted octanol–water partition coefficient (Wildman–Crippen LogP) is 5.71.